The monoisotopic (exact) mass is 400 g/mol. The van der Waals surface area contributed by atoms with E-state index in [1.807, 2.05) is 0 Å². The molecule has 0 radical (unpaired) electrons. The van der Waals surface area contributed by atoms with E-state index >= 15 is 0 Å². The van der Waals surface area contributed by atoms with E-state index in [0.29, 0.717) is 45.3 Å². The number of hydrogen-bond acceptors (Lipinski definition) is 3. The molecule has 1 N–H and O–H groups in total. The summed E-state index contributed by atoms with van der Waals surface area (Å²) < 4.78 is 50.4. The third-order valence-corrected chi connectivity index (χ3v) is 6.27. The SMILES string of the molecule is CCCC1(CC2(C(=O)O)CCC(COc3cc(F)c(F)c(F)c3)CC2)COC1. The van der Waals surface area contributed by atoms with Crippen molar-refractivity contribution in [3.8, 4) is 5.75 Å². The fourth-order valence-corrected chi connectivity index (χ4v) is 4.67. The summed E-state index contributed by atoms with van der Waals surface area (Å²) in [5.74, 6) is -4.79. The van der Waals surface area contributed by atoms with Gasteiger partial charge in [-0.3, -0.25) is 4.79 Å². The Kier molecular flexibility index (Phi) is 6.22. The van der Waals surface area contributed by atoms with Gasteiger partial charge in [-0.05, 0) is 44.4 Å². The molecule has 0 spiro atoms. The largest absolute Gasteiger partial charge is 0.493 e. The molecule has 0 unspecified atom stereocenters. The van der Waals surface area contributed by atoms with Gasteiger partial charge >= 0.3 is 5.97 Å². The molecule has 0 amide bonds. The molecular weight excluding hydrogens is 373 g/mol. The number of halogens is 3. The Morgan fingerprint density at radius 2 is 1.82 bits per heavy atom. The zero-order valence-corrected chi connectivity index (χ0v) is 16.1. The van der Waals surface area contributed by atoms with Gasteiger partial charge in [0.25, 0.3) is 0 Å². The Morgan fingerprint density at radius 1 is 1.21 bits per heavy atom. The van der Waals surface area contributed by atoms with Crippen molar-refractivity contribution in [2.24, 2.45) is 16.7 Å². The van der Waals surface area contributed by atoms with Crippen LogP contribution in [0, 0.1) is 34.2 Å². The van der Waals surface area contributed by atoms with Crippen LogP contribution in [0.3, 0.4) is 0 Å². The van der Waals surface area contributed by atoms with E-state index in [4.69, 9.17) is 9.47 Å². The summed E-state index contributed by atoms with van der Waals surface area (Å²) in [6, 6.07) is 1.65. The van der Waals surface area contributed by atoms with Crippen LogP contribution in [-0.4, -0.2) is 30.9 Å². The molecule has 0 bridgehead atoms. The minimum atomic E-state index is -1.52. The van der Waals surface area contributed by atoms with Crippen LogP contribution in [0.2, 0.25) is 0 Å². The smallest absolute Gasteiger partial charge is 0.309 e. The van der Waals surface area contributed by atoms with Gasteiger partial charge in [0.05, 0.1) is 25.2 Å². The first-order chi connectivity index (χ1) is 13.3. The highest BCUT2D eigenvalue weighted by atomic mass is 19.2. The lowest BCUT2D eigenvalue weighted by Gasteiger charge is -2.48. The molecular formula is C21H27F3O4. The molecule has 1 aliphatic carbocycles. The number of ether oxygens (including phenoxy) is 2. The quantitative estimate of drug-likeness (QED) is 0.628. The van der Waals surface area contributed by atoms with Crippen LogP contribution in [-0.2, 0) is 9.53 Å². The number of hydrogen-bond donors (Lipinski definition) is 1. The van der Waals surface area contributed by atoms with E-state index in [0.717, 1.165) is 25.0 Å². The standard InChI is InChI=1S/C21H27F3O4/c1-2-5-20(12-27-13-20)11-21(19(25)26)6-3-14(4-7-21)10-28-15-8-16(22)18(24)17(23)9-15/h8-9,14H,2-7,10-13H2,1H3,(H,25,26). The maximum atomic E-state index is 13.3. The highest BCUT2D eigenvalue weighted by molar-refractivity contribution is 5.74. The van der Waals surface area contributed by atoms with Crippen molar-refractivity contribution in [3.05, 3.63) is 29.6 Å². The van der Waals surface area contributed by atoms with Crippen LogP contribution in [0.4, 0.5) is 13.2 Å². The summed E-state index contributed by atoms with van der Waals surface area (Å²) in [6.45, 7) is 3.58. The second-order valence-corrected chi connectivity index (χ2v) is 8.46. The molecule has 28 heavy (non-hydrogen) atoms. The predicted molar refractivity (Wildman–Crippen MR) is 96.6 cm³/mol. The predicted octanol–water partition coefficient (Wildman–Crippen LogP) is 4.95. The molecule has 1 aliphatic heterocycles. The van der Waals surface area contributed by atoms with Gasteiger partial charge in [-0.2, -0.15) is 0 Å². The van der Waals surface area contributed by atoms with Crippen molar-refractivity contribution in [2.75, 3.05) is 19.8 Å². The number of carboxylic acids is 1. The molecule has 4 nitrogen and oxygen atoms in total. The van der Waals surface area contributed by atoms with Crippen LogP contribution < -0.4 is 4.74 Å². The zero-order chi connectivity index (χ0) is 20.4. The average Bonchev–Trinajstić information content (AvgIpc) is 2.63. The van der Waals surface area contributed by atoms with E-state index in [-0.39, 0.29) is 23.7 Å². The summed E-state index contributed by atoms with van der Waals surface area (Å²) in [7, 11) is 0. The van der Waals surface area contributed by atoms with E-state index in [9.17, 15) is 23.1 Å². The van der Waals surface area contributed by atoms with Crippen LogP contribution in [0.5, 0.6) is 5.75 Å². The van der Waals surface area contributed by atoms with Gasteiger partial charge in [0.15, 0.2) is 17.5 Å². The van der Waals surface area contributed by atoms with Gasteiger partial charge in [0.1, 0.15) is 5.75 Å². The van der Waals surface area contributed by atoms with Crippen molar-refractivity contribution in [1.82, 2.24) is 0 Å². The van der Waals surface area contributed by atoms with Crippen molar-refractivity contribution in [3.63, 3.8) is 0 Å². The molecule has 1 aromatic carbocycles. The second kappa shape index (κ2) is 8.31. The summed E-state index contributed by atoms with van der Waals surface area (Å²) >= 11 is 0. The first-order valence-corrected chi connectivity index (χ1v) is 9.88. The van der Waals surface area contributed by atoms with Crippen molar-refractivity contribution in [1.29, 1.82) is 0 Å². The number of benzene rings is 1. The fourth-order valence-electron chi connectivity index (χ4n) is 4.67. The van der Waals surface area contributed by atoms with Gasteiger partial charge in [-0.1, -0.05) is 13.3 Å². The Morgan fingerprint density at radius 3 is 2.29 bits per heavy atom. The topological polar surface area (TPSA) is 55.8 Å². The van der Waals surface area contributed by atoms with Gasteiger partial charge in [0.2, 0.25) is 0 Å². The molecule has 1 aromatic rings. The third kappa shape index (κ3) is 4.29. The average molecular weight is 400 g/mol. The molecule has 2 fully saturated rings. The maximum Gasteiger partial charge on any atom is 0.309 e. The lowest BCUT2D eigenvalue weighted by Crippen LogP contribution is -2.49. The van der Waals surface area contributed by atoms with E-state index in [1.54, 1.807) is 0 Å². The third-order valence-electron chi connectivity index (χ3n) is 6.27. The van der Waals surface area contributed by atoms with Crippen molar-refractivity contribution >= 4 is 5.97 Å². The molecule has 156 valence electrons. The first kappa shape index (κ1) is 21.0. The Hall–Kier alpha value is -1.76. The van der Waals surface area contributed by atoms with Gasteiger partial charge in [0, 0.05) is 17.5 Å². The van der Waals surface area contributed by atoms with E-state index in [1.165, 1.54) is 0 Å². The van der Waals surface area contributed by atoms with Crippen LogP contribution >= 0.6 is 0 Å². The molecule has 1 saturated heterocycles. The normalized spacial score (nSPS) is 26.5. The van der Waals surface area contributed by atoms with Gasteiger partial charge in [-0.25, -0.2) is 13.2 Å². The number of rotatable bonds is 8. The molecule has 1 saturated carbocycles. The maximum absolute atomic E-state index is 13.3. The minimum absolute atomic E-state index is 0.0281. The fraction of sp³-hybridized carbons (Fsp3) is 0.667. The number of aliphatic carboxylic acids is 1. The van der Waals surface area contributed by atoms with Gasteiger partial charge < -0.3 is 14.6 Å². The minimum Gasteiger partial charge on any atom is -0.493 e. The Labute approximate surface area is 163 Å². The van der Waals surface area contributed by atoms with Gasteiger partial charge in [-0.15, -0.1) is 0 Å². The molecule has 2 aliphatic rings. The highest BCUT2D eigenvalue weighted by Crippen LogP contribution is 2.50. The zero-order valence-electron chi connectivity index (χ0n) is 16.1. The van der Waals surface area contributed by atoms with E-state index < -0.39 is 28.8 Å². The molecule has 7 heteroatoms. The van der Waals surface area contributed by atoms with Crippen molar-refractivity contribution < 1.29 is 32.5 Å². The summed E-state index contributed by atoms with van der Waals surface area (Å²) in [5, 5.41) is 9.93. The molecule has 1 heterocycles. The summed E-state index contributed by atoms with van der Waals surface area (Å²) in [4.78, 5) is 12.1. The molecule has 3 rings (SSSR count). The molecule has 0 aromatic heterocycles. The van der Waals surface area contributed by atoms with Crippen molar-refractivity contribution in [2.45, 2.75) is 51.9 Å². The number of carbonyl (C=O) groups is 1. The van der Waals surface area contributed by atoms with Crippen LogP contribution in [0.25, 0.3) is 0 Å². The summed E-state index contributed by atoms with van der Waals surface area (Å²) in [6.07, 6.45) is 5.03. The summed E-state index contributed by atoms with van der Waals surface area (Å²) in [5.41, 5.74) is -0.775. The Bertz CT molecular complexity index is 687. The Balaban J connectivity index is 1.58. The van der Waals surface area contributed by atoms with E-state index in [2.05, 4.69) is 6.92 Å². The molecule has 0 atom stereocenters. The van der Waals surface area contributed by atoms with Crippen LogP contribution in [0.1, 0.15) is 51.9 Å². The lowest BCUT2D eigenvalue weighted by molar-refractivity contribution is -0.171. The highest BCUT2D eigenvalue weighted by Gasteiger charge is 2.50. The van der Waals surface area contributed by atoms with Crippen LogP contribution in [0.15, 0.2) is 12.1 Å². The number of carboxylic acid groups (broad SMARTS) is 1. The second-order valence-electron chi connectivity index (χ2n) is 8.46. The first-order valence-electron chi connectivity index (χ1n) is 9.88. The lowest BCUT2D eigenvalue weighted by atomic mass is 9.61.